The third-order valence-electron chi connectivity index (χ3n) is 7.89. The summed E-state index contributed by atoms with van der Waals surface area (Å²) < 4.78 is 31.4. The van der Waals surface area contributed by atoms with Gasteiger partial charge in [0, 0.05) is 32.1 Å². The summed E-state index contributed by atoms with van der Waals surface area (Å²) in [4.78, 5) is 7.58. The van der Waals surface area contributed by atoms with Crippen LogP contribution in [0.25, 0.3) is 11.0 Å². The Morgan fingerprint density at radius 3 is 2.37 bits per heavy atom. The van der Waals surface area contributed by atoms with Crippen LogP contribution in [0.4, 0.5) is 5.69 Å². The Bertz CT molecular complexity index is 1590. The molecule has 0 unspecified atom stereocenters. The van der Waals surface area contributed by atoms with E-state index in [0.29, 0.717) is 30.8 Å². The fourth-order valence-corrected chi connectivity index (χ4v) is 6.94. The van der Waals surface area contributed by atoms with Crippen LogP contribution in [-0.4, -0.2) is 60.1 Å². The lowest BCUT2D eigenvalue weighted by Crippen LogP contribution is -2.39. The van der Waals surface area contributed by atoms with Crippen LogP contribution in [0.5, 0.6) is 0 Å². The third kappa shape index (κ3) is 6.55. The molecule has 1 saturated heterocycles. The van der Waals surface area contributed by atoms with E-state index < -0.39 is 10.0 Å². The molecule has 3 N–H and O–H groups in total. The number of imidazole rings is 1. The SMILES string of the molecule is Cn1c(CCc2ccc(C(N)=NO)cc2)nc2cc(N(CCN3CCCCCC3)S(=O)(=O)c3ccccc3)ccc21. The average Bonchev–Trinajstić information content (AvgIpc) is 3.14. The zero-order valence-electron chi connectivity index (χ0n) is 23.5. The van der Waals surface area contributed by atoms with Gasteiger partial charge in [-0.2, -0.15) is 0 Å². The highest BCUT2D eigenvalue weighted by Gasteiger charge is 2.26. The lowest BCUT2D eigenvalue weighted by Gasteiger charge is -2.28. The summed E-state index contributed by atoms with van der Waals surface area (Å²) in [7, 11) is -1.77. The Balaban J connectivity index is 1.40. The molecule has 0 bridgehead atoms. The average molecular weight is 575 g/mol. The number of hydrogen-bond donors (Lipinski definition) is 2. The maximum absolute atomic E-state index is 13.9. The van der Waals surface area contributed by atoms with E-state index in [0.717, 1.165) is 54.8 Å². The van der Waals surface area contributed by atoms with Gasteiger partial charge in [-0.1, -0.05) is 60.5 Å². The summed E-state index contributed by atoms with van der Waals surface area (Å²) in [6.45, 7) is 3.08. The van der Waals surface area contributed by atoms with E-state index in [1.54, 1.807) is 28.6 Å². The molecule has 1 aliphatic heterocycles. The maximum Gasteiger partial charge on any atom is 0.264 e. The molecule has 0 amide bonds. The summed E-state index contributed by atoms with van der Waals surface area (Å²) >= 11 is 0. The second kappa shape index (κ2) is 12.7. The fraction of sp³-hybridized carbons (Fsp3) is 0.355. The summed E-state index contributed by atoms with van der Waals surface area (Å²) in [5, 5.41) is 11.9. The number of benzene rings is 3. The molecule has 2 heterocycles. The quantitative estimate of drug-likeness (QED) is 0.124. The van der Waals surface area contributed by atoms with Crippen LogP contribution in [0.1, 0.15) is 42.6 Å². The van der Waals surface area contributed by atoms with Gasteiger partial charge in [-0.25, -0.2) is 13.4 Å². The van der Waals surface area contributed by atoms with Crippen molar-refractivity contribution >= 4 is 32.6 Å². The van der Waals surface area contributed by atoms with Crippen LogP contribution in [0, 0.1) is 0 Å². The highest BCUT2D eigenvalue weighted by Crippen LogP contribution is 2.28. The number of likely N-dealkylation sites (tertiary alicyclic amines) is 1. The summed E-state index contributed by atoms with van der Waals surface area (Å²) in [6, 6.07) is 22.0. The van der Waals surface area contributed by atoms with Crippen molar-refractivity contribution in [3.05, 3.63) is 89.7 Å². The highest BCUT2D eigenvalue weighted by molar-refractivity contribution is 7.92. The zero-order chi connectivity index (χ0) is 28.8. The molecule has 216 valence electrons. The lowest BCUT2D eigenvalue weighted by molar-refractivity contribution is 0.293. The molecule has 4 aromatic rings. The zero-order valence-corrected chi connectivity index (χ0v) is 24.3. The number of oxime groups is 1. The van der Waals surface area contributed by atoms with Crippen LogP contribution in [-0.2, 0) is 29.9 Å². The first kappa shape index (κ1) is 28.6. The van der Waals surface area contributed by atoms with Crippen molar-refractivity contribution in [3.63, 3.8) is 0 Å². The monoisotopic (exact) mass is 574 g/mol. The molecule has 0 saturated carbocycles. The molecule has 3 aromatic carbocycles. The number of hydrogen-bond acceptors (Lipinski definition) is 6. The van der Waals surface area contributed by atoms with Crippen molar-refractivity contribution in [2.75, 3.05) is 30.5 Å². The molecule has 1 aromatic heterocycles. The maximum atomic E-state index is 13.9. The molecule has 0 radical (unpaired) electrons. The van der Waals surface area contributed by atoms with E-state index in [1.165, 1.54) is 12.8 Å². The van der Waals surface area contributed by atoms with E-state index in [9.17, 15) is 8.42 Å². The Hall–Kier alpha value is -3.89. The van der Waals surface area contributed by atoms with Crippen molar-refractivity contribution in [1.29, 1.82) is 0 Å². The summed E-state index contributed by atoms with van der Waals surface area (Å²) in [5.41, 5.74) is 9.80. The predicted molar refractivity (Wildman–Crippen MR) is 163 cm³/mol. The van der Waals surface area contributed by atoms with Crippen LogP contribution in [0.2, 0.25) is 0 Å². The van der Waals surface area contributed by atoms with Gasteiger partial charge in [0.15, 0.2) is 5.84 Å². The Labute approximate surface area is 242 Å². The number of fused-ring (bicyclic) bond motifs is 1. The first-order valence-electron chi connectivity index (χ1n) is 14.2. The highest BCUT2D eigenvalue weighted by atomic mass is 32.2. The second-order valence-corrected chi connectivity index (χ2v) is 12.5. The van der Waals surface area contributed by atoms with Crippen molar-refractivity contribution in [3.8, 4) is 0 Å². The molecule has 1 aliphatic rings. The Morgan fingerprint density at radius 2 is 1.68 bits per heavy atom. The normalized spacial score (nSPS) is 15.2. The van der Waals surface area contributed by atoms with Crippen molar-refractivity contribution in [1.82, 2.24) is 14.5 Å². The second-order valence-electron chi connectivity index (χ2n) is 10.6. The first-order chi connectivity index (χ1) is 19.9. The van der Waals surface area contributed by atoms with Gasteiger partial charge in [-0.05, 0) is 68.2 Å². The molecule has 5 rings (SSSR count). The summed E-state index contributed by atoms with van der Waals surface area (Å²) in [6.07, 6.45) is 6.26. The van der Waals surface area contributed by atoms with Crippen LogP contribution < -0.4 is 10.0 Å². The van der Waals surface area contributed by atoms with Gasteiger partial charge in [-0.3, -0.25) is 4.31 Å². The molecule has 41 heavy (non-hydrogen) atoms. The van der Waals surface area contributed by atoms with E-state index in [-0.39, 0.29) is 10.7 Å². The number of aromatic nitrogens is 2. The molecule has 0 spiro atoms. The van der Waals surface area contributed by atoms with Gasteiger partial charge in [-0.15, -0.1) is 0 Å². The minimum absolute atomic E-state index is 0.0810. The number of sulfonamides is 1. The van der Waals surface area contributed by atoms with E-state index >= 15 is 0 Å². The van der Waals surface area contributed by atoms with Gasteiger partial charge in [0.2, 0.25) is 0 Å². The van der Waals surface area contributed by atoms with Crippen LogP contribution in [0.15, 0.2) is 82.8 Å². The van der Waals surface area contributed by atoms with Gasteiger partial charge >= 0.3 is 0 Å². The van der Waals surface area contributed by atoms with Crippen LogP contribution >= 0.6 is 0 Å². The van der Waals surface area contributed by atoms with Gasteiger partial charge in [0.05, 0.1) is 21.6 Å². The number of anilines is 1. The third-order valence-corrected chi connectivity index (χ3v) is 9.73. The first-order valence-corrected chi connectivity index (χ1v) is 15.6. The number of nitrogens with zero attached hydrogens (tertiary/aromatic N) is 5. The number of aryl methyl sites for hydroxylation is 3. The van der Waals surface area contributed by atoms with Crippen molar-refractivity contribution in [2.45, 2.75) is 43.4 Å². The molecular weight excluding hydrogens is 536 g/mol. The van der Waals surface area contributed by atoms with E-state index in [4.69, 9.17) is 15.9 Å². The van der Waals surface area contributed by atoms with Gasteiger partial charge in [0.25, 0.3) is 10.0 Å². The topological polar surface area (TPSA) is 117 Å². The minimum atomic E-state index is -3.75. The number of amidine groups is 1. The molecule has 0 aliphatic carbocycles. The molecule has 9 nitrogen and oxygen atoms in total. The smallest absolute Gasteiger partial charge is 0.264 e. The minimum Gasteiger partial charge on any atom is -0.409 e. The molecule has 10 heteroatoms. The van der Waals surface area contributed by atoms with Crippen LogP contribution in [0.3, 0.4) is 0 Å². The van der Waals surface area contributed by atoms with E-state index in [1.807, 2.05) is 55.6 Å². The predicted octanol–water partition coefficient (Wildman–Crippen LogP) is 4.52. The Morgan fingerprint density at radius 1 is 0.976 bits per heavy atom. The fourth-order valence-electron chi connectivity index (χ4n) is 5.47. The Kier molecular flexibility index (Phi) is 8.90. The van der Waals surface area contributed by atoms with Gasteiger partial charge < -0.3 is 20.4 Å². The lowest BCUT2D eigenvalue weighted by atomic mass is 10.1. The molecular formula is C31H38N6O3S. The summed E-state index contributed by atoms with van der Waals surface area (Å²) in [5.74, 6) is 0.997. The standard InChI is InChI=1S/C31H38N6O3S/c1-35-29-17-16-26(23-28(29)33-30(35)18-13-24-11-14-25(15-12-24)31(32)34-38)37(22-21-36-19-7-2-3-8-20-36)41(39,40)27-9-5-4-6-10-27/h4-6,9-12,14-17,23,38H,2-3,7-8,13,18-22H2,1H3,(H2,32,34). The van der Waals surface area contributed by atoms with E-state index in [2.05, 4.69) is 14.6 Å². The van der Waals surface area contributed by atoms with Crippen molar-refractivity contribution in [2.24, 2.45) is 17.9 Å². The molecule has 0 atom stereocenters. The van der Waals surface area contributed by atoms with Gasteiger partial charge in [0.1, 0.15) is 5.82 Å². The number of nitrogens with two attached hydrogens (primary N) is 1. The van der Waals surface area contributed by atoms with Crippen molar-refractivity contribution < 1.29 is 13.6 Å². The largest absolute Gasteiger partial charge is 0.409 e. The number of rotatable bonds is 10. The molecule has 1 fully saturated rings.